The Morgan fingerprint density at radius 3 is 1.27 bits per heavy atom. The predicted molar refractivity (Wildman–Crippen MR) is 278 cm³/mol. The molecular weight excluding hydrogens is 839 g/mol. The molecule has 9 heteroatoms. The molecule has 0 bridgehead atoms. The molecule has 382 valence electrons. The van der Waals surface area contributed by atoms with Crippen LogP contribution in [0.25, 0.3) is 0 Å². The summed E-state index contributed by atoms with van der Waals surface area (Å²) in [7, 11) is 5.90. The summed E-state index contributed by atoms with van der Waals surface area (Å²) < 4.78 is 22.5. The van der Waals surface area contributed by atoms with Gasteiger partial charge in [0.1, 0.15) is 13.2 Å². The van der Waals surface area contributed by atoms with Gasteiger partial charge in [-0.1, -0.05) is 201 Å². The van der Waals surface area contributed by atoms with E-state index in [9.17, 15) is 19.5 Å². The Morgan fingerprint density at radius 1 is 0.463 bits per heavy atom. The number of hydrogen-bond donors (Lipinski definition) is 0. The minimum atomic E-state index is -1.63. The van der Waals surface area contributed by atoms with Crippen LogP contribution in [0.1, 0.15) is 194 Å². The van der Waals surface area contributed by atoms with Crippen molar-refractivity contribution in [3.05, 3.63) is 97.2 Å². The van der Waals surface area contributed by atoms with Crippen LogP contribution in [0.2, 0.25) is 0 Å². The Kier molecular flexibility index (Phi) is 45.9. The van der Waals surface area contributed by atoms with E-state index in [-0.39, 0.29) is 38.6 Å². The molecule has 0 saturated heterocycles. The summed E-state index contributed by atoms with van der Waals surface area (Å²) in [4.78, 5) is 37.0. The summed E-state index contributed by atoms with van der Waals surface area (Å²) in [6.45, 7) is 4.58. The second-order valence-corrected chi connectivity index (χ2v) is 18.4. The number of carboxylic acids is 1. The molecule has 0 aliphatic carbocycles. The highest BCUT2D eigenvalue weighted by molar-refractivity contribution is 5.70. The summed E-state index contributed by atoms with van der Waals surface area (Å²) in [5, 5.41) is 11.7. The molecule has 0 amide bonds. The number of unbranched alkanes of at least 4 members (excludes halogenated alkanes) is 16. The molecule has 0 rings (SSSR count). The highest BCUT2D eigenvalue weighted by Crippen LogP contribution is 2.14. The minimum absolute atomic E-state index is 0.142. The first kappa shape index (κ1) is 63.2. The molecule has 2 unspecified atom stereocenters. The van der Waals surface area contributed by atoms with Crippen LogP contribution >= 0.6 is 0 Å². The number of esters is 2. The summed E-state index contributed by atoms with van der Waals surface area (Å²) in [5.41, 5.74) is 0. The molecule has 67 heavy (non-hydrogen) atoms. The third-order valence-electron chi connectivity index (χ3n) is 10.8. The van der Waals surface area contributed by atoms with Crippen LogP contribution in [0, 0.1) is 0 Å². The van der Waals surface area contributed by atoms with Gasteiger partial charge in [0.2, 0.25) is 0 Å². The van der Waals surface area contributed by atoms with Crippen molar-refractivity contribution in [2.45, 2.75) is 206 Å². The molecule has 0 aromatic rings. The summed E-state index contributed by atoms with van der Waals surface area (Å²) in [5.74, 6) is -2.31. The maximum absolute atomic E-state index is 12.8. The first-order chi connectivity index (χ1) is 32.6. The Morgan fingerprint density at radius 2 is 0.851 bits per heavy atom. The van der Waals surface area contributed by atoms with Crippen molar-refractivity contribution in [1.82, 2.24) is 0 Å². The highest BCUT2D eigenvalue weighted by Gasteiger charge is 2.22. The largest absolute Gasteiger partial charge is 0.545 e. The van der Waals surface area contributed by atoms with Gasteiger partial charge in [0.25, 0.3) is 0 Å². The second kappa shape index (κ2) is 48.7. The number of nitrogens with zero attached hydrogens (tertiary/aromatic N) is 1. The molecule has 0 N–H and O–H groups in total. The van der Waals surface area contributed by atoms with Crippen LogP contribution in [-0.2, 0) is 33.3 Å². The number of quaternary nitrogens is 1. The van der Waals surface area contributed by atoms with Gasteiger partial charge in [0.05, 0.1) is 40.3 Å². The number of hydrogen-bond acceptors (Lipinski definition) is 8. The van der Waals surface area contributed by atoms with Gasteiger partial charge < -0.3 is 33.3 Å². The molecular formula is C58H97NO8. The molecule has 0 radical (unpaired) electrons. The van der Waals surface area contributed by atoms with E-state index in [4.69, 9.17) is 18.9 Å². The van der Waals surface area contributed by atoms with E-state index in [1.807, 2.05) is 21.1 Å². The van der Waals surface area contributed by atoms with Crippen LogP contribution in [0.4, 0.5) is 0 Å². The first-order valence-corrected chi connectivity index (χ1v) is 26.4. The monoisotopic (exact) mass is 936 g/mol. The van der Waals surface area contributed by atoms with E-state index in [0.717, 1.165) is 96.3 Å². The second-order valence-electron chi connectivity index (χ2n) is 18.4. The molecule has 0 spiro atoms. The van der Waals surface area contributed by atoms with Crippen molar-refractivity contribution in [3.63, 3.8) is 0 Å². The smallest absolute Gasteiger partial charge is 0.306 e. The number of carboxylic acid groups (broad SMARTS) is 1. The Labute approximate surface area is 410 Å². The zero-order valence-corrected chi connectivity index (χ0v) is 43.2. The zero-order valence-electron chi connectivity index (χ0n) is 43.2. The van der Waals surface area contributed by atoms with Gasteiger partial charge in [-0.2, -0.15) is 0 Å². The van der Waals surface area contributed by atoms with E-state index in [0.29, 0.717) is 17.4 Å². The van der Waals surface area contributed by atoms with E-state index < -0.39 is 24.3 Å². The van der Waals surface area contributed by atoms with Crippen molar-refractivity contribution in [2.24, 2.45) is 0 Å². The summed E-state index contributed by atoms with van der Waals surface area (Å²) in [6, 6.07) is 0. The lowest BCUT2D eigenvalue weighted by Gasteiger charge is -2.26. The zero-order chi connectivity index (χ0) is 49.2. The van der Waals surface area contributed by atoms with Crippen LogP contribution in [0.3, 0.4) is 0 Å². The predicted octanol–water partition coefficient (Wildman–Crippen LogP) is 13.7. The van der Waals surface area contributed by atoms with E-state index in [2.05, 4.69) is 111 Å². The third kappa shape index (κ3) is 49.9. The third-order valence-corrected chi connectivity index (χ3v) is 10.8. The van der Waals surface area contributed by atoms with Crippen molar-refractivity contribution in [3.8, 4) is 0 Å². The fourth-order valence-corrected chi connectivity index (χ4v) is 6.79. The lowest BCUT2D eigenvalue weighted by atomic mass is 10.1. The van der Waals surface area contributed by atoms with Gasteiger partial charge in [-0.3, -0.25) is 9.59 Å². The topological polar surface area (TPSA) is 111 Å². The van der Waals surface area contributed by atoms with Crippen LogP contribution in [-0.4, -0.2) is 82.3 Å². The van der Waals surface area contributed by atoms with Crippen molar-refractivity contribution < 1.29 is 42.9 Å². The molecule has 2 atom stereocenters. The van der Waals surface area contributed by atoms with E-state index in [1.54, 1.807) is 0 Å². The summed E-state index contributed by atoms with van der Waals surface area (Å²) >= 11 is 0. The van der Waals surface area contributed by atoms with Crippen LogP contribution in [0.5, 0.6) is 0 Å². The van der Waals surface area contributed by atoms with Crippen LogP contribution in [0.15, 0.2) is 97.2 Å². The van der Waals surface area contributed by atoms with Gasteiger partial charge in [-0.25, -0.2) is 0 Å². The molecule has 0 aromatic heterocycles. The number of likely N-dealkylation sites (N-methyl/N-ethyl adjacent to an activating group) is 1. The fourth-order valence-electron chi connectivity index (χ4n) is 6.79. The number of ether oxygens (including phenoxy) is 4. The average molecular weight is 936 g/mol. The number of rotatable bonds is 47. The summed E-state index contributed by atoms with van der Waals surface area (Å²) in [6.07, 6.45) is 61.8. The average Bonchev–Trinajstić information content (AvgIpc) is 3.29. The molecule has 0 saturated carbocycles. The molecule has 0 heterocycles. The lowest BCUT2D eigenvalue weighted by Crippen LogP contribution is -2.44. The van der Waals surface area contributed by atoms with Crippen molar-refractivity contribution in [1.29, 1.82) is 0 Å². The van der Waals surface area contributed by atoms with Crippen LogP contribution < -0.4 is 5.11 Å². The van der Waals surface area contributed by atoms with Crippen molar-refractivity contribution >= 4 is 17.9 Å². The van der Waals surface area contributed by atoms with Gasteiger partial charge in [0, 0.05) is 12.8 Å². The number of carbonyl (C=O) groups is 3. The van der Waals surface area contributed by atoms with E-state index >= 15 is 0 Å². The Balaban J connectivity index is 4.19. The highest BCUT2D eigenvalue weighted by atomic mass is 16.7. The molecule has 0 aliphatic rings. The molecule has 0 aromatic carbocycles. The maximum atomic E-state index is 12.8. The number of allylic oxidation sites excluding steroid dienone is 16. The Hall–Kier alpha value is -3.79. The fraction of sp³-hybridized carbons (Fsp3) is 0.672. The first-order valence-electron chi connectivity index (χ1n) is 26.4. The molecule has 9 nitrogen and oxygen atoms in total. The Bertz CT molecular complexity index is 1420. The number of carbonyl (C=O) groups excluding carboxylic acids is 3. The molecule has 0 aliphatic heterocycles. The SMILES string of the molecule is CC/C=C\C/C=C\C/C=C\C/C=C\C/C=C\C/C=C\C/C=C\C/C=C\CCCCCCCCCCC(=O)OC(COC(=O)CCCCCCCCCCC)COC(OCC[N+](C)(C)C)C(=O)[O-]. The standard InChI is InChI=1S/C58H97NO8/c1-6-8-10-12-14-16-17-18-19-20-21-22-23-24-25-26-27-28-29-30-31-32-33-34-35-36-37-38-39-41-43-45-47-49-56(61)67-54(53-66-58(57(62)63)64-51-50-59(3,4)5)52-65-55(60)48-46-44-42-40-15-13-11-9-7-2/h8,10,14,16,18-19,21-22,24-25,27-28,30-31,33-34,54,58H,6-7,9,11-13,15,17,20,23,26,29,32,35-53H2,1-5H3/b10-8-,16-14-,19-18-,22-21-,25-24-,28-27-,31-30-,34-33-. The van der Waals surface area contributed by atoms with Gasteiger partial charge >= 0.3 is 11.9 Å². The number of aliphatic carboxylic acids is 1. The molecule has 0 fully saturated rings. The van der Waals surface area contributed by atoms with Gasteiger partial charge in [-0.15, -0.1) is 0 Å². The van der Waals surface area contributed by atoms with Crippen molar-refractivity contribution in [2.75, 3.05) is 47.5 Å². The quantitative estimate of drug-likeness (QED) is 0.0195. The van der Waals surface area contributed by atoms with Gasteiger partial charge in [-0.05, 0) is 77.0 Å². The van der Waals surface area contributed by atoms with E-state index in [1.165, 1.54) is 64.2 Å². The normalized spacial score (nSPS) is 13.6. The minimum Gasteiger partial charge on any atom is -0.545 e. The lowest BCUT2D eigenvalue weighted by molar-refractivity contribution is -0.870. The van der Waals surface area contributed by atoms with Gasteiger partial charge in [0.15, 0.2) is 12.4 Å². The maximum Gasteiger partial charge on any atom is 0.306 e.